The van der Waals surface area contributed by atoms with Crippen LogP contribution in [0.5, 0.6) is 0 Å². The first-order valence-electron chi connectivity index (χ1n) is 11.4. The number of aromatic nitrogens is 2. The van der Waals surface area contributed by atoms with E-state index in [1.165, 1.54) is 48.2 Å². The van der Waals surface area contributed by atoms with Gasteiger partial charge in [-0.25, -0.2) is 9.78 Å². The zero-order valence-electron chi connectivity index (χ0n) is 19.3. The number of carbonyl (C=O) groups is 1. The number of carboxylic acids is 1. The molecule has 0 amide bonds. The number of rotatable bonds is 2. The van der Waals surface area contributed by atoms with Crippen molar-refractivity contribution in [3.63, 3.8) is 0 Å². The molecule has 4 nitrogen and oxygen atoms in total. The van der Waals surface area contributed by atoms with E-state index < -0.39 is 5.97 Å². The number of fused-ring (bicyclic) bond motifs is 4. The van der Waals surface area contributed by atoms with E-state index in [4.69, 9.17) is 5.11 Å². The Hall–Kier alpha value is -3.16. The summed E-state index contributed by atoms with van der Waals surface area (Å²) in [6.07, 6.45) is 3.30. The zero-order valence-corrected chi connectivity index (χ0v) is 23.3. The molecule has 37 heavy (non-hydrogen) atoms. The van der Waals surface area contributed by atoms with Crippen LogP contribution < -0.4 is 16.4 Å². The number of hydrogen-bond acceptors (Lipinski definition) is 5. The first kappa shape index (κ1) is 25.5. The molecule has 0 aliphatic carbocycles. The Balaban J connectivity index is 0.000000241. The molecule has 1 N–H and O–H groups in total. The summed E-state index contributed by atoms with van der Waals surface area (Å²) in [6.45, 7) is 0.291. The molecular formula is C29H18BIrN2O2S2-. The Labute approximate surface area is 237 Å². The van der Waals surface area contributed by atoms with Gasteiger partial charge in [-0.2, -0.15) is 0 Å². The topological polar surface area (TPSA) is 63.1 Å². The zero-order chi connectivity index (χ0) is 24.5. The predicted molar refractivity (Wildman–Crippen MR) is 145 cm³/mol. The number of aromatic carboxylic acids is 1. The molecule has 5 aromatic rings. The van der Waals surface area contributed by atoms with Gasteiger partial charge in [0.1, 0.15) is 5.69 Å². The molecular weight excluding hydrogens is 675 g/mol. The summed E-state index contributed by atoms with van der Waals surface area (Å²) in [4.78, 5) is 23.5. The average molecular weight is 694 g/mol. The van der Waals surface area contributed by atoms with Crippen LogP contribution >= 0.6 is 23.5 Å². The molecule has 0 unspecified atom stereocenters. The Morgan fingerprint density at radius 2 is 1.38 bits per heavy atom. The first-order chi connectivity index (χ1) is 17.7. The van der Waals surface area contributed by atoms with E-state index in [0.717, 1.165) is 11.3 Å². The Morgan fingerprint density at radius 1 is 0.757 bits per heavy atom. The van der Waals surface area contributed by atoms with Gasteiger partial charge in [-0.05, 0) is 36.0 Å². The van der Waals surface area contributed by atoms with Gasteiger partial charge in [0, 0.05) is 42.3 Å². The molecule has 0 saturated heterocycles. The molecule has 0 fully saturated rings. The summed E-state index contributed by atoms with van der Waals surface area (Å²) < 4.78 is 0. The predicted octanol–water partition coefficient (Wildman–Crippen LogP) is 4.77. The molecule has 2 aliphatic heterocycles. The monoisotopic (exact) mass is 694 g/mol. The van der Waals surface area contributed by atoms with Gasteiger partial charge in [0.05, 0.1) is 0 Å². The van der Waals surface area contributed by atoms with Crippen LogP contribution in [-0.4, -0.2) is 27.8 Å². The molecule has 3 aromatic carbocycles. The SMILES string of the molecule is O=C(O)c1ccccn1.[Ir].[c-]1c(-c2ccccn2)cc2c3c1Sc1ccccc1B3c1ccccc1S2. The second-order valence-electron chi connectivity index (χ2n) is 8.24. The molecule has 1 radical (unpaired) electrons. The van der Waals surface area contributed by atoms with Gasteiger partial charge in [-0.15, -0.1) is 46.7 Å². The summed E-state index contributed by atoms with van der Waals surface area (Å²) in [5.41, 5.74) is 6.35. The third kappa shape index (κ3) is 5.03. The standard InChI is InChI=1S/C23H13BNS2.C6H5NO2.Ir/c1-3-10-19-16(7-1)24-17-8-2-4-11-20(17)27-22-14-15(13-21(26-19)23(22)24)18-9-5-6-12-25-18;8-6(9)5-3-1-2-4-7-5;/h1-13H;1-4H,(H,8,9);/q-1;;. The first-order valence-corrected chi connectivity index (χ1v) is 13.0. The summed E-state index contributed by atoms with van der Waals surface area (Å²) in [5, 5.41) is 8.32. The fourth-order valence-corrected chi connectivity index (χ4v) is 6.89. The van der Waals surface area contributed by atoms with Gasteiger partial charge >= 0.3 is 5.97 Å². The maximum absolute atomic E-state index is 10.1. The van der Waals surface area contributed by atoms with Gasteiger partial charge < -0.3 is 10.1 Å². The van der Waals surface area contributed by atoms with E-state index in [0.29, 0.717) is 6.71 Å². The summed E-state index contributed by atoms with van der Waals surface area (Å²) in [6, 6.07) is 34.3. The number of nitrogens with zero attached hydrogens (tertiary/aromatic N) is 2. The van der Waals surface area contributed by atoms with E-state index in [2.05, 4.69) is 76.7 Å². The molecule has 4 heterocycles. The van der Waals surface area contributed by atoms with E-state index in [9.17, 15) is 4.79 Å². The Kier molecular flexibility index (Phi) is 7.63. The number of pyridine rings is 2. The molecule has 7 rings (SSSR count). The van der Waals surface area contributed by atoms with E-state index in [1.807, 2.05) is 41.9 Å². The molecule has 2 aliphatic rings. The second-order valence-corrected chi connectivity index (χ2v) is 10.4. The van der Waals surface area contributed by atoms with Crippen LogP contribution in [0.2, 0.25) is 0 Å². The van der Waals surface area contributed by atoms with Crippen LogP contribution in [0.25, 0.3) is 11.3 Å². The molecule has 0 spiro atoms. The van der Waals surface area contributed by atoms with Crippen LogP contribution in [0.4, 0.5) is 0 Å². The molecule has 0 bridgehead atoms. The second kappa shape index (κ2) is 11.1. The van der Waals surface area contributed by atoms with Crippen molar-refractivity contribution >= 4 is 52.6 Å². The van der Waals surface area contributed by atoms with Crippen molar-refractivity contribution < 1.29 is 30.0 Å². The summed E-state index contributed by atoms with van der Waals surface area (Å²) >= 11 is 3.71. The quantitative estimate of drug-likeness (QED) is 0.208. The summed E-state index contributed by atoms with van der Waals surface area (Å²) in [5.74, 6) is -0.990. The third-order valence-corrected chi connectivity index (χ3v) is 8.31. The smallest absolute Gasteiger partial charge is 0.354 e. The van der Waals surface area contributed by atoms with Crippen LogP contribution in [0.15, 0.2) is 123 Å². The van der Waals surface area contributed by atoms with E-state index in [-0.39, 0.29) is 25.8 Å². The van der Waals surface area contributed by atoms with Gasteiger partial charge in [0.2, 0.25) is 0 Å². The normalized spacial score (nSPS) is 12.1. The Bertz CT molecular complexity index is 1520. The maximum Gasteiger partial charge on any atom is 0.354 e. The van der Waals surface area contributed by atoms with Crippen molar-refractivity contribution in [1.82, 2.24) is 9.97 Å². The molecule has 8 heteroatoms. The molecule has 181 valence electrons. The van der Waals surface area contributed by atoms with Crippen LogP contribution in [-0.2, 0) is 20.1 Å². The van der Waals surface area contributed by atoms with Crippen molar-refractivity contribution in [3.8, 4) is 11.3 Å². The number of carboxylic acid groups (broad SMARTS) is 1. The van der Waals surface area contributed by atoms with Crippen molar-refractivity contribution in [2.45, 2.75) is 19.6 Å². The molecule has 2 aromatic heterocycles. The van der Waals surface area contributed by atoms with Crippen LogP contribution in [0.1, 0.15) is 10.5 Å². The van der Waals surface area contributed by atoms with Crippen molar-refractivity contribution in [2.75, 3.05) is 0 Å². The van der Waals surface area contributed by atoms with E-state index in [1.54, 1.807) is 12.1 Å². The molecule has 0 atom stereocenters. The van der Waals surface area contributed by atoms with Crippen molar-refractivity contribution in [1.29, 1.82) is 0 Å². The van der Waals surface area contributed by atoms with Crippen molar-refractivity contribution in [2.24, 2.45) is 0 Å². The fraction of sp³-hybridized carbons (Fsp3) is 0. The largest absolute Gasteiger partial charge is 0.477 e. The Morgan fingerprint density at radius 3 is 1.97 bits per heavy atom. The minimum Gasteiger partial charge on any atom is -0.477 e. The van der Waals surface area contributed by atoms with Crippen molar-refractivity contribution in [3.05, 3.63) is 115 Å². The minimum absolute atomic E-state index is 0. The number of hydrogen-bond donors (Lipinski definition) is 1. The average Bonchev–Trinajstić information content (AvgIpc) is 2.94. The van der Waals surface area contributed by atoms with Gasteiger partial charge in [0.15, 0.2) is 6.71 Å². The van der Waals surface area contributed by atoms with Gasteiger partial charge in [-0.3, -0.25) is 0 Å². The fourth-order valence-electron chi connectivity index (χ4n) is 4.46. The maximum atomic E-state index is 10.1. The number of benzene rings is 3. The van der Waals surface area contributed by atoms with Crippen LogP contribution in [0.3, 0.4) is 0 Å². The summed E-state index contributed by atoms with van der Waals surface area (Å²) in [7, 11) is 0. The third-order valence-electron chi connectivity index (χ3n) is 6.04. The van der Waals surface area contributed by atoms with Gasteiger partial charge in [0.25, 0.3) is 0 Å². The minimum atomic E-state index is -0.990. The molecule has 0 saturated carbocycles. The van der Waals surface area contributed by atoms with Crippen LogP contribution in [0, 0.1) is 6.07 Å². The van der Waals surface area contributed by atoms with E-state index >= 15 is 0 Å². The van der Waals surface area contributed by atoms with Gasteiger partial charge in [-0.1, -0.05) is 75.3 Å².